The zero-order valence-corrected chi connectivity index (χ0v) is 11.9. The van der Waals surface area contributed by atoms with Crippen molar-refractivity contribution in [2.45, 2.75) is 26.5 Å². The van der Waals surface area contributed by atoms with Crippen LogP contribution < -0.4 is 5.32 Å². The fourth-order valence-corrected chi connectivity index (χ4v) is 1.82. The van der Waals surface area contributed by atoms with Crippen LogP contribution in [0.25, 0.3) is 11.3 Å². The molecule has 3 nitrogen and oxygen atoms in total. The van der Waals surface area contributed by atoms with Crippen molar-refractivity contribution in [1.29, 1.82) is 0 Å². The van der Waals surface area contributed by atoms with Gasteiger partial charge >= 0.3 is 0 Å². The maximum Gasteiger partial charge on any atom is 0.134 e. The number of hydrogen-bond donors (Lipinski definition) is 1. The highest BCUT2D eigenvalue weighted by Gasteiger charge is 2.04. The van der Waals surface area contributed by atoms with E-state index in [1.165, 1.54) is 12.1 Å². The number of halogens is 1. The molecule has 0 bridgehead atoms. The van der Waals surface area contributed by atoms with Crippen LogP contribution in [0, 0.1) is 5.82 Å². The van der Waals surface area contributed by atoms with Gasteiger partial charge in [-0.25, -0.2) is 4.39 Å². The normalized spacial score (nSPS) is 11.2. The summed E-state index contributed by atoms with van der Waals surface area (Å²) in [5, 5.41) is 3.25. The van der Waals surface area contributed by atoms with Crippen LogP contribution in [0.4, 0.5) is 4.39 Å². The predicted molar refractivity (Wildman–Crippen MR) is 76.9 cm³/mol. The molecule has 0 saturated heterocycles. The first kappa shape index (κ1) is 14.8. The number of ether oxygens (including phenoxy) is 1. The van der Waals surface area contributed by atoms with E-state index in [1.54, 1.807) is 12.1 Å². The third-order valence-electron chi connectivity index (χ3n) is 2.82. The lowest BCUT2D eigenvalue weighted by Gasteiger charge is -2.07. The van der Waals surface area contributed by atoms with Gasteiger partial charge in [0.25, 0.3) is 0 Å². The average molecular weight is 277 g/mol. The van der Waals surface area contributed by atoms with Gasteiger partial charge in [0, 0.05) is 12.1 Å². The van der Waals surface area contributed by atoms with Crippen LogP contribution in [-0.2, 0) is 11.3 Å². The van der Waals surface area contributed by atoms with E-state index in [1.807, 2.05) is 26.0 Å². The summed E-state index contributed by atoms with van der Waals surface area (Å²) in [6, 6.07) is 10.1. The van der Waals surface area contributed by atoms with Crippen LogP contribution >= 0.6 is 0 Å². The van der Waals surface area contributed by atoms with Crippen LogP contribution in [0.15, 0.2) is 40.8 Å². The molecule has 0 fully saturated rings. The van der Waals surface area contributed by atoms with Gasteiger partial charge in [-0.1, -0.05) is 0 Å². The van der Waals surface area contributed by atoms with Crippen molar-refractivity contribution in [3.63, 3.8) is 0 Å². The Morgan fingerprint density at radius 3 is 2.60 bits per heavy atom. The molecular formula is C16H20FNO2. The highest BCUT2D eigenvalue weighted by Crippen LogP contribution is 2.22. The molecular weight excluding hydrogens is 257 g/mol. The minimum absolute atomic E-state index is 0.243. The first-order valence-corrected chi connectivity index (χ1v) is 6.82. The van der Waals surface area contributed by atoms with Gasteiger partial charge in [-0.05, 0) is 50.2 Å². The van der Waals surface area contributed by atoms with Gasteiger partial charge in [0.05, 0.1) is 19.3 Å². The molecule has 1 aromatic carbocycles. The number of hydrogen-bond acceptors (Lipinski definition) is 3. The van der Waals surface area contributed by atoms with Gasteiger partial charge in [-0.2, -0.15) is 0 Å². The molecule has 0 aliphatic rings. The number of benzene rings is 1. The number of rotatable bonds is 7. The zero-order valence-electron chi connectivity index (χ0n) is 11.9. The molecule has 0 atom stereocenters. The van der Waals surface area contributed by atoms with Crippen molar-refractivity contribution in [2.24, 2.45) is 0 Å². The van der Waals surface area contributed by atoms with Gasteiger partial charge in [-0.3, -0.25) is 0 Å². The highest BCUT2D eigenvalue weighted by atomic mass is 19.1. The molecule has 0 spiro atoms. The summed E-state index contributed by atoms with van der Waals surface area (Å²) >= 11 is 0. The molecule has 20 heavy (non-hydrogen) atoms. The highest BCUT2D eigenvalue weighted by molar-refractivity contribution is 5.57. The van der Waals surface area contributed by atoms with Gasteiger partial charge in [-0.15, -0.1) is 0 Å². The fourth-order valence-electron chi connectivity index (χ4n) is 1.82. The molecule has 0 saturated carbocycles. The van der Waals surface area contributed by atoms with Gasteiger partial charge in [0.15, 0.2) is 0 Å². The maximum atomic E-state index is 12.9. The Balaban J connectivity index is 1.82. The second-order valence-electron chi connectivity index (χ2n) is 4.87. The summed E-state index contributed by atoms with van der Waals surface area (Å²) in [4.78, 5) is 0. The molecule has 0 aliphatic carbocycles. The molecule has 1 N–H and O–H groups in total. The Kier molecular flexibility index (Phi) is 5.32. The molecule has 0 amide bonds. The second kappa shape index (κ2) is 7.22. The molecule has 1 heterocycles. The van der Waals surface area contributed by atoms with Gasteiger partial charge < -0.3 is 14.5 Å². The SMILES string of the molecule is CC(C)OCCNCc1ccc(-c2ccc(F)cc2)o1. The van der Waals surface area contributed by atoms with Crippen molar-refractivity contribution in [3.05, 3.63) is 48.0 Å². The van der Waals surface area contributed by atoms with E-state index in [0.717, 1.165) is 23.6 Å². The minimum atomic E-state index is -0.243. The largest absolute Gasteiger partial charge is 0.460 e. The van der Waals surface area contributed by atoms with Crippen LogP contribution in [0.2, 0.25) is 0 Å². The monoisotopic (exact) mass is 277 g/mol. The second-order valence-corrected chi connectivity index (χ2v) is 4.87. The lowest BCUT2D eigenvalue weighted by Crippen LogP contribution is -2.20. The van der Waals surface area contributed by atoms with E-state index in [2.05, 4.69) is 5.32 Å². The van der Waals surface area contributed by atoms with Crippen LogP contribution in [-0.4, -0.2) is 19.3 Å². The molecule has 1 aromatic heterocycles. The summed E-state index contributed by atoms with van der Waals surface area (Å²) in [5.74, 6) is 1.36. The molecule has 2 aromatic rings. The van der Waals surface area contributed by atoms with Gasteiger partial charge in [0.1, 0.15) is 17.3 Å². The fraction of sp³-hybridized carbons (Fsp3) is 0.375. The summed E-state index contributed by atoms with van der Waals surface area (Å²) < 4.78 is 24.0. The topological polar surface area (TPSA) is 34.4 Å². The Hall–Kier alpha value is -1.65. The van der Waals surface area contributed by atoms with E-state index in [4.69, 9.17) is 9.15 Å². The quantitative estimate of drug-likeness (QED) is 0.785. The molecule has 0 unspecified atom stereocenters. The summed E-state index contributed by atoms with van der Waals surface area (Å²) in [6.45, 7) is 6.15. The van der Waals surface area contributed by atoms with E-state index in [0.29, 0.717) is 13.2 Å². The van der Waals surface area contributed by atoms with Crippen LogP contribution in [0.1, 0.15) is 19.6 Å². The molecule has 2 rings (SSSR count). The van der Waals surface area contributed by atoms with Gasteiger partial charge in [0.2, 0.25) is 0 Å². The third kappa shape index (κ3) is 4.47. The minimum Gasteiger partial charge on any atom is -0.460 e. The van der Waals surface area contributed by atoms with E-state index in [-0.39, 0.29) is 11.9 Å². The number of nitrogens with one attached hydrogen (secondary N) is 1. The van der Waals surface area contributed by atoms with Crippen molar-refractivity contribution in [2.75, 3.05) is 13.2 Å². The maximum absolute atomic E-state index is 12.9. The van der Waals surface area contributed by atoms with Crippen molar-refractivity contribution in [3.8, 4) is 11.3 Å². The Labute approximate surface area is 118 Å². The Morgan fingerprint density at radius 1 is 1.15 bits per heavy atom. The van der Waals surface area contributed by atoms with Crippen molar-refractivity contribution < 1.29 is 13.5 Å². The first-order chi connectivity index (χ1) is 9.65. The van der Waals surface area contributed by atoms with Crippen LogP contribution in [0.5, 0.6) is 0 Å². The standard InChI is InChI=1S/C16H20FNO2/c1-12(2)19-10-9-18-11-15-7-8-16(20-15)13-3-5-14(17)6-4-13/h3-8,12,18H,9-11H2,1-2H3. The Morgan fingerprint density at radius 2 is 1.90 bits per heavy atom. The van der Waals surface area contributed by atoms with E-state index < -0.39 is 0 Å². The molecule has 0 aliphatic heterocycles. The molecule has 4 heteroatoms. The smallest absolute Gasteiger partial charge is 0.134 e. The van der Waals surface area contributed by atoms with Crippen molar-refractivity contribution >= 4 is 0 Å². The number of furan rings is 1. The summed E-state index contributed by atoms with van der Waals surface area (Å²) in [5.41, 5.74) is 0.876. The first-order valence-electron chi connectivity index (χ1n) is 6.82. The zero-order chi connectivity index (χ0) is 14.4. The average Bonchev–Trinajstić information content (AvgIpc) is 2.87. The van der Waals surface area contributed by atoms with E-state index in [9.17, 15) is 4.39 Å². The van der Waals surface area contributed by atoms with E-state index >= 15 is 0 Å². The predicted octanol–water partition coefficient (Wildman–Crippen LogP) is 3.60. The third-order valence-corrected chi connectivity index (χ3v) is 2.82. The summed E-state index contributed by atoms with van der Waals surface area (Å²) in [7, 11) is 0. The van der Waals surface area contributed by atoms with Crippen molar-refractivity contribution in [1.82, 2.24) is 5.32 Å². The Bertz CT molecular complexity index is 520. The lowest BCUT2D eigenvalue weighted by atomic mass is 10.2. The lowest BCUT2D eigenvalue weighted by molar-refractivity contribution is 0.0805. The van der Waals surface area contributed by atoms with Crippen LogP contribution in [0.3, 0.4) is 0 Å². The summed E-state index contributed by atoms with van der Waals surface area (Å²) in [6.07, 6.45) is 0.255. The molecule has 0 radical (unpaired) electrons. The molecule has 108 valence electrons.